The number of carbonyl (C=O) groups excluding carboxylic acids is 2. The first-order valence-electron chi connectivity index (χ1n) is 9.80. The fourth-order valence-corrected chi connectivity index (χ4v) is 3.90. The molecule has 30 heavy (non-hydrogen) atoms. The highest BCUT2D eigenvalue weighted by molar-refractivity contribution is 6.07. The first kappa shape index (κ1) is 19.6. The van der Waals surface area contributed by atoms with E-state index in [9.17, 15) is 19.7 Å². The van der Waals surface area contributed by atoms with E-state index in [1.807, 2.05) is 33.7 Å². The number of fused-ring (bicyclic) bond motifs is 1. The van der Waals surface area contributed by atoms with E-state index in [1.165, 1.54) is 19.1 Å². The maximum absolute atomic E-state index is 12.9. The summed E-state index contributed by atoms with van der Waals surface area (Å²) >= 11 is 0. The fourth-order valence-electron chi connectivity index (χ4n) is 3.90. The lowest BCUT2D eigenvalue weighted by Gasteiger charge is -2.36. The van der Waals surface area contributed by atoms with Crippen molar-refractivity contribution in [2.45, 2.75) is 13.5 Å². The molecule has 4 rings (SSSR count). The minimum absolute atomic E-state index is 0.00852. The van der Waals surface area contributed by atoms with Gasteiger partial charge in [-0.05, 0) is 25.1 Å². The number of para-hydroxylation sites is 1. The molecule has 3 aromatic rings. The second-order valence-corrected chi connectivity index (χ2v) is 7.39. The van der Waals surface area contributed by atoms with Crippen LogP contribution in [0.3, 0.4) is 0 Å². The van der Waals surface area contributed by atoms with E-state index < -0.39 is 4.92 Å². The van der Waals surface area contributed by atoms with E-state index >= 15 is 0 Å². The maximum Gasteiger partial charge on any atom is 0.269 e. The summed E-state index contributed by atoms with van der Waals surface area (Å²) in [4.78, 5) is 39.1. The van der Waals surface area contributed by atoms with E-state index in [0.29, 0.717) is 31.7 Å². The van der Waals surface area contributed by atoms with Crippen molar-refractivity contribution in [3.63, 3.8) is 0 Å². The van der Waals surface area contributed by atoms with Gasteiger partial charge in [0, 0.05) is 66.7 Å². The van der Waals surface area contributed by atoms with Crippen molar-refractivity contribution in [2.75, 3.05) is 31.1 Å². The van der Waals surface area contributed by atoms with Gasteiger partial charge in [-0.1, -0.05) is 18.2 Å². The summed E-state index contributed by atoms with van der Waals surface area (Å²) in [5.41, 5.74) is 2.48. The minimum Gasteiger partial charge on any atom is -0.368 e. The third kappa shape index (κ3) is 3.76. The van der Waals surface area contributed by atoms with Crippen molar-refractivity contribution in [1.29, 1.82) is 0 Å². The van der Waals surface area contributed by atoms with Gasteiger partial charge in [0.1, 0.15) is 6.54 Å². The smallest absolute Gasteiger partial charge is 0.269 e. The molecule has 0 N–H and O–H groups in total. The SMILES string of the molecule is CC(=O)c1cn(CC(=O)N2CCN(c3ccc([N+](=O)[O-])cc3)CC2)c2ccccc12. The molecule has 0 atom stereocenters. The number of carbonyl (C=O) groups is 2. The van der Waals surface area contributed by atoms with E-state index in [4.69, 9.17) is 0 Å². The second-order valence-electron chi connectivity index (χ2n) is 7.39. The third-order valence-corrected chi connectivity index (χ3v) is 5.53. The largest absolute Gasteiger partial charge is 0.368 e. The molecule has 154 valence electrons. The summed E-state index contributed by atoms with van der Waals surface area (Å²) in [6, 6.07) is 14.1. The maximum atomic E-state index is 12.9. The fraction of sp³-hybridized carbons (Fsp3) is 0.273. The van der Waals surface area contributed by atoms with E-state index in [0.717, 1.165) is 16.6 Å². The van der Waals surface area contributed by atoms with Crippen LogP contribution in [0.15, 0.2) is 54.7 Å². The third-order valence-electron chi connectivity index (χ3n) is 5.53. The van der Waals surface area contributed by atoms with Crippen molar-refractivity contribution >= 4 is 34.0 Å². The monoisotopic (exact) mass is 406 g/mol. The number of Topliss-reactive ketones (excluding diaryl/α,β-unsaturated/α-hetero) is 1. The van der Waals surface area contributed by atoms with Crippen LogP contribution in [0.25, 0.3) is 10.9 Å². The molecule has 1 aromatic heterocycles. The van der Waals surface area contributed by atoms with Gasteiger partial charge in [-0.3, -0.25) is 19.7 Å². The molecule has 1 amide bonds. The Balaban J connectivity index is 1.42. The van der Waals surface area contributed by atoms with Crippen LogP contribution in [0.2, 0.25) is 0 Å². The zero-order chi connectivity index (χ0) is 21.3. The Labute approximate surface area is 173 Å². The number of nitro groups is 1. The van der Waals surface area contributed by atoms with Gasteiger partial charge in [-0.15, -0.1) is 0 Å². The molecule has 8 heteroatoms. The Morgan fingerprint density at radius 3 is 2.30 bits per heavy atom. The van der Waals surface area contributed by atoms with Crippen molar-refractivity contribution in [3.8, 4) is 0 Å². The Bertz CT molecular complexity index is 1110. The standard InChI is InChI=1S/C22H22N4O4/c1-16(27)20-14-25(21-5-3-2-4-19(20)21)15-22(28)24-12-10-23(11-13-24)17-6-8-18(9-7-17)26(29)30/h2-9,14H,10-13,15H2,1H3. The molecular formula is C22H22N4O4. The van der Waals surface area contributed by atoms with E-state index in [2.05, 4.69) is 4.90 Å². The van der Waals surface area contributed by atoms with Crippen LogP contribution >= 0.6 is 0 Å². The summed E-state index contributed by atoms with van der Waals surface area (Å²) in [5.74, 6) is -0.0108. The van der Waals surface area contributed by atoms with Crippen LogP contribution in [0.1, 0.15) is 17.3 Å². The molecule has 0 bridgehead atoms. The Hall–Kier alpha value is -3.68. The van der Waals surface area contributed by atoms with Crippen LogP contribution < -0.4 is 4.90 Å². The molecule has 0 spiro atoms. The van der Waals surface area contributed by atoms with Crippen molar-refractivity contribution in [1.82, 2.24) is 9.47 Å². The summed E-state index contributed by atoms with van der Waals surface area (Å²) in [7, 11) is 0. The number of hydrogen-bond acceptors (Lipinski definition) is 5. The number of piperazine rings is 1. The van der Waals surface area contributed by atoms with Crippen LogP contribution in [-0.2, 0) is 11.3 Å². The van der Waals surface area contributed by atoms with Crippen LogP contribution in [-0.4, -0.2) is 52.3 Å². The van der Waals surface area contributed by atoms with Gasteiger partial charge in [0.05, 0.1) is 4.92 Å². The number of aromatic nitrogens is 1. The van der Waals surface area contributed by atoms with Crippen molar-refractivity contribution in [3.05, 3.63) is 70.4 Å². The first-order valence-corrected chi connectivity index (χ1v) is 9.80. The number of hydrogen-bond donors (Lipinski definition) is 0. The lowest BCUT2D eigenvalue weighted by molar-refractivity contribution is -0.384. The van der Waals surface area contributed by atoms with Gasteiger partial charge in [-0.2, -0.15) is 0 Å². The van der Waals surface area contributed by atoms with Gasteiger partial charge in [0.25, 0.3) is 5.69 Å². The molecule has 0 aliphatic carbocycles. The Morgan fingerprint density at radius 1 is 1.00 bits per heavy atom. The summed E-state index contributed by atoms with van der Waals surface area (Å²) in [6.07, 6.45) is 1.76. The molecule has 1 aliphatic rings. The zero-order valence-corrected chi connectivity index (χ0v) is 16.7. The molecule has 2 heterocycles. The molecule has 8 nitrogen and oxygen atoms in total. The lowest BCUT2D eigenvalue weighted by atomic mass is 10.1. The highest BCUT2D eigenvalue weighted by atomic mass is 16.6. The molecule has 0 radical (unpaired) electrons. The second kappa shape index (κ2) is 7.98. The highest BCUT2D eigenvalue weighted by Gasteiger charge is 2.23. The normalized spacial score (nSPS) is 14.2. The number of amides is 1. The average Bonchev–Trinajstić information content (AvgIpc) is 3.13. The Kier molecular flexibility index (Phi) is 5.22. The molecule has 0 saturated carbocycles. The minimum atomic E-state index is -0.414. The highest BCUT2D eigenvalue weighted by Crippen LogP contribution is 2.23. The number of nitrogens with zero attached hydrogens (tertiary/aromatic N) is 4. The van der Waals surface area contributed by atoms with E-state index in [1.54, 1.807) is 18.3 Å². The summed E-state index contributed by atoms with van der Waals surface area (Å²) in [6.45, 7) is 4.20. The molecule has 1 saturated heterocycles. The van der Waals surface area contributed by atoms with E-state index in [-0.39, 0.29) is 23.9 Å². The van der Waals surface area contributed by atoms with Gasteiger partial charge < -0.3 is 14.4 Å². The Morgan fingerprint density at radius 2 is 1.67 bits per heavy atom. The van der Waals surface area contributed by atoms with Gasteiger partial charge >= 0.3 is 0 Å². The number of rotatable bonds is 5. The number of nitro benzene ring substituents is 1. The summed E-state index contributed by atoms with van der Waals surface area (Å²) < 4.78 is 1.84. The predicted molar refractivity (Wildman–Crippen MR) is 114 cm³/mol. The molecule has 1 aliphatic heterocycles. The average molecular weight is 406 g/mol. The quantitative estimate of drug-likeness (QED) is 0.369. The zero-order valence-electron chi connectivity index (χ0n) is 16.7. The first-order chi connectivity index (χ1) is 14.4. The molecule has 0 unspecified atom stereocenters. The molecule has 2 aromatic carbocycles. The van der Waals surface area contributed by atoms with Crippen molar-refractivity contribution < 1.29 is 14.5 Å². The molecule has 1 fully saturated rings. The number of benzene rings is 2. The van der Waals surface area contributed by atoms with Crippen LogP contribution in [0.4, 0.5) is 11.4 Å². The van der Waals surface area contributed by atoms with Crippen molar-refractivity contribution in [2.24, 2.45) is 0 Å². The number of non-ortho nitro benzene ring substituents is 1. The lowest BCUT2D eigenvalue weighted by Crippen LogP contribution is -2.49. The predicted octanol–water partition coefficient (Wildman–Crippen LogP) is 3.10. The number of anilines is 1. The van der Waals surface area contributed by atoms with Crippen LogP contribution in [0.5, 0.6) is 0 Å². The molecular weight excluding hydrogens is 384 g/mol. The number of ketones is 1. The van der Waals surface area contributed by atoms with Gasteiger partial charge in [0.15, 0.2) is 5.78 Å². The van der Waals surface area contributed by atoms with Gasteiger partial charge in [-0.25, -0.2) is 0 Å². The topological polar surface area (TPSA) is 88.7 Å². The van der Waals surface area contributed by atoms with Crippen LogP contribution in [0, 0.1) is 10.1 Å². The van der Waals surface area contributed by atoms with Gasteiger partial charge in [0.2, 0.25) is 5.91 Å². The summed E-state index contributed by atoms with van der Waals surface area (Å²) in [5, 5.41) is 11.7.